The second-order valence-electron chi connectivity index (χ2n) is 6.70. The van der Waals surface area contributed by atoms with E-state index in [1.165, 1.54) is 12.8 Å². The maximum absolute atomic E-state index is 6.25. The summed E-state index contributed by atoms with van der Waals surface area (Å²) in [6.07, 6.45) is 3.10. The Balaban J connectivity index is 1.69. The molecule has 3 heterocycles. The lowest BCUT2D eigenvalue weighted by Gasteiger charge is -2.18. The quantitative estimate of drug-likeness (QED) is 0.465. The van der Waals surface area contributed by atoms with Gasteiger partial charge in [-0.3, -0.25) is 4.98 Å². The largest absolute Gasteiger partial charge is 0.446 e. The van der Waals surface area contributed by atoms with E-state index in [0.29, 0.717) is 16.7 Å². The molecule has 0 spiro atoms. The highest BCUT2D eigenvalue weighted by atomic mass is 32.2. The molecule has 1 aliphatic rings. The summed E-state index contributed by atoms with van der Waals surface area (Å²) in [6, 6.07) is 13.9. The SMILES string of the molecule is CCCCCSc1nnc2c(n1)O[C@H](c1cccc(C)n1)Nc1ccccc1-2. The maximum Gasteiger partial charge on any atom is 0.247 e. The monoisotopic (exact) mass is 393 g/mol. The predicted octanol–water partition coefficient (Wildman–Crippen LogP) is 5.03. The van der Waals surface area contributed by atoms with E-state index < -0.39 is 6.23 Å². The minimum Gasteiger partial charge on any atom is -0.446 e. The average Bonchev–Trinajstić information content (AvgIpc) is 2.88. The number of nitrogens with zero attached hydrogens (tertiary/aromatic N) is 4. The smallest absolute Gasteiger partial charge is 0.247 e. The molecule has 28 heavy (non-hydrogen) atoms. The lowest BCUT2D eigenvalue weighted by atomic mass is 10.1. The van der Waals surface area contributed by atoms with Gasteiger partial charge in [0.1, 0.15) is 5.69 Å². The molecule has 7 heteroatoms. The molecule has 4 rings (SSSR count). The second kappa shape index (κ2) is 8.56. The lowest BCUT2D eigenvalue weighted by molar-refractivity contribution is 0.220. The number of hydrogen-bond acceptors (Lipinski definition) is 7. The molecule has 0 bridgehead atoms. The second-order valence-corrected chi connectivity index (χ2v) is 7.76. The van der Waals surface area contributed by atoms with Gasteiger partial charge < -0.3 is 10.1 Å². The van der Waals surface area contributed by atoms with Crippen LogP contribution >= 0.6 is 11.8 Å². The van der Waals surface area contributed by atoms with Crippen LogP contribution in [-0.4, -0.2) is 25.9 Å². The summed E-state index contributed by atoms with van der Waals surface area (Å²) in [6.45, 7) is 4.17. The van der Waals surface area contributed by atoms with Crippen molar-refractivity contribution in [3.8, 4) is 17.1 Å². The number of rotatable bonds is 6. The Morgan fingerprint density at radius 3 is 2.79 bits per heavy atom. The standard InChI is InChI=1S/C21H23N5OS/c1-3-4-7-13-28-21-24-20-18(25-26-21)15-10-5-6-11-16(15)23-19(27-20)17-12-8-9-14(2)22-17/h5-6,8-12,19,23H,3-4,7,13H2,1-2H3/t19-/m1/s1. The van der Waals surface area contributed by atoms with Crippen LogP contribution in [-0.2, 0) is 0 Å². The van der Waals surface area contributed by atoms with Crippen molar-refractivity contribution in [1.82, 2.24) is 20.2 Å². The number of thioether (sulfide) groups is 1. The van der Waals surface area contributed by atoms with Crippen LogP contribution in [0.25, 0.3) is 11.3 Å². The molecular formula is C21H23N5OS. The fraction of sp³-hybridized carbons (Fsp3) is 0.333. The van der Waals surface area contributed by atoms with Gasteiger partial charge in [-0.15, -0.1) is 10.2 Å². The first-order chi connectivity index (χ1) is 13.7. The first-order valence-corrected chi connectivity index (χ1v) is 10.6. The van der Waals surface area contributed by atoms with Crippen molar-refractivity contribution in [2.45, 2.75) is 44.5 Å². The average molecular weight is 394 g/mol. The summed E-state index contributed by atoms with van der Waals surface area (Å²) in [5.74, 6) is 1.46. The van der Waals surface area contributed by atoms with E-state index in [4.69, 9.17) is 4.74 Å². The summed E-state index contributed by atoms with van der Waals surface area (Å²) < 4.78 is 6.25. The number of fused-ring (bicyclic) bond motifs is 3. The number of aromatic nitrogens is 4. The number of para-hydroxylation sites is 1. The van der Waals surface area contributed by atoms with E-state index >= 15 is 0 Å². The lowest BCUT2D eigenvalue weighted by Crippen LogP contribution is -2.18. The zero-order chi connectivity index (χ0) is 19.3. The van der Waals surface area contributed by atoms with Crippen LogP contribution in [0.5, 0.6) is 5.88 Å². The molecule has 1 aromatic carbocycles. The number of hydrogen-bond donors (Lipinski definition) is 1. The molecular weight excluding hydrogens is 370 g/mol. The zero-order valence-electron chi connectivity index (χ0n) is 16.1. The van der Waals surface area contributed by atoms with Crippen LogP contribution in [0.2, 0.25) is 0 Å². The first kappa shape index (κ1) is 18.7. The third kappa shape index (κ3) is 4.09. The zero-order valence-corrected chi connectivity index (χ0v) is 16.9. The predicted molar refractivity (Wildman–Crippen MR) is 111 cm³/mol. The van der Waals surface area contributed by atoms with Gasteiger partial charge in [0.25, 0.3) is 0 Å². The number of ether oxygens (including phenoxy) is 1. The molecule has 0 radical (unpaired) electrons. The molecule has 1 atom stereocenters. The Kier molecular flexibility index (Phi) is 5.71. The van der Waals surface area contributed by atoms with E-state index in [0.717, 1.165) is 34.8 Å². The van der Waals surface area contributed by atoms with E-state index in [2.05, 4.69) is 32.4 Å². The van der Waals surface area contributed by atoms with E-state index in [9.17, 15) is 0 Å². The Bertz CT molecular complexity index is 965. The van der Waals surface area contributed by atoms with Gasteiger partial charge in [-0.25, -0.2) is 0 Å². The topological polar surface area (TPSA) is 72.8 Å². The molecule has 1 N–H and O–H groups in total. The molecule has 0 fully saturated rings. The Morgan fingerprint density at radius 2 is 1.93 bits per heavy atom. The van der Waals surface area contributed by atoms with Crippen molar-refractivity contribution in [3.05, 3.63) is 53.9 Å². The van der Waals surface area contributed by atoms with Gasteiger partial charge >= 0.3 is 0 Å². The van der Waals surface area contributed by atoms with E-state index in [1.54, 1.807) is 11.8 Å². The molecule has 0 saturated carbocycles. The molecule has 0 amide bonds. The van der Waals surface area contributed by atoms with Crippen LogP contribution in [0.15, 0.2) is 47.6 Å². The van der Waals surface area contributed by atoms with Gasteiger partial charge in [0.15, 0.2) is 5.69 Å². The molecule has 144 valence electrons. The van der Waals surface area contributed by atoms with Crippen molar-refractivity contribution >= 4 is 17.4 Å². The fourth-order valence-electron chi connectivity index (χ4n) is 3.07. The van der Waals surface area contributed by atoms with Gasteiger partial charge in [0.2, 0.25) is 17.3 Å². The fourth-order valence-corrected chi connectivity index (χ4v) is 3.84. The van der Waals surface area contributed by atoms with Gasteiger partial charge in [-0.05, 0) is 31.5 Å². The summed E-state index contributed by atoms with van der Waals surface area (Å²) in [4.78, 5) is 9.29. The third-order valence-electron chi connectivity index (χ3n) is 4.49. The van der Waals surface area contributed by atoms with Crippen LogP contribution in [0.3, 0.4) is 0 Å². The van der Waals surface area contributed by atoms with Crippen molar-refractivity contribution in [3.63, 3.8) is 0 Å². The molecule has 2 aromatic heterocycles. The van der Waals surface area contributed by atoms with E-state index in [-0.39, 0.29) is 0 Å². The Morgan fingerprint density at radius 1 is 1.04 bits per heavy atom. The molecule has 0 aliphatic carbocycles. The molecule has 0 unspecified atom stereocenters. The molecule has 1 aliphatic heterocycles. The van der Waals surface area contributed by atoms with Crippen molar-refractivity contribution in [1.29, 1.82) is 0 Å². The van der Waals surface area contributed by atoms with E-state index in [1.807, 2.05) is 49.4 Å². The first-order valence-electron chi connectivity index (χ1n) is 9.58. The Labute approximate surface area is 169 Å². The minimum absolute atomic E-state index is 0.447. The highest BCUT2D eigenvalue weighted by molar-refractivity contribution is 7.99. The number of aryl methyl sites for hydroxylation is 1. The third-order valence-corrected chi connectivity index (χ3v) is 5.42. The summed E-state index contributed by atoms with van der Waals surface area (Å²) >= 11 is 1.62. The molecule has 0 saturated heterocycles. The summed E-state index contributed by atoms with van der Waals surface area (Å²) in [5, 5.41) is 12.8. The minimum atomic E-state index is -0.447. The number of unbranched alkanes of at least 4 members (excludes halogenated alkanes) is 2. The van der Waals surface area contributed by atoms with Crippen LogP contribution in [0.4, 0.5) is 5.69 Å². The summed E-state index contributed by atoms with van der Waals surface area (Å²) in [7, 11) is 0. The number of anilines is 1. The normalized spacial score (nSPS) is 15.0. The Hall–Kier alpha value is -2.67. The van der Waals surface area contributed by atoms with Gasteiger partial charge in [0.05, 0.1) is 0 Å². The highest BCUT2D eigenvalue weighted by Crippen LogP contribution is 2.39. The number of pyridine rings is 1. The van der Waals surface area contributed by atoms with Gasteiger partial charge in [-0.2, -0.15) is 4.98 Å². The molecule has 6 nitrogen and oxygen atoms in total. The highest BCUT2D eigenvalue weighted by Gasteiger charge is 2.26. The number of nitrogens with one attached hydrogen (secondary N) is 1. The summed E-state index contributed by atoms with van der Waals surface area (Å²) in [5.41, 5.74) is 4.24. The van der Waals surface area contributed by atoms with Crippen molar-refractivity contribution in [2.24, 2.45) is 0 Å². The van der Waals surface area contributed by atoms with Crippen molar-refractivity contribution in [2.75, 3.05) is 11.1 Å². The van der Waals surface area contributed by atoms with Crippen LogP contribution in [0, 0.1) is 6.92 Å². The van der Waals surface area contributed by atoms with Gasteiger partial charge in [0, 0.05) is 22.7 Å². The number of benzene rings is 1. The van der Waals surface area contributed by atoms with Crippen LogP contribution in [0.1, 0.15) is 43.8 Å². The molecule has 3 aromatic rings. The van der Waals surface area contributed by atoms with Crippen molar-refractivity contribution < 1.29 is 4.74 Å². The maximum atomic E-state index is 6.25. The van der Waals surface area contributed by atoms with Crippen LogP contribution < -0.4 is 10.1 Å². The van der Waals surface area contributed by atoms with Gasteiger partial charge in [-0.1, -0.05) is 55.8 Å².